The minimum absolute atomic E-state index is 0.106. The Balaban J connectivity index is 2.29. The molecule has 0 fully saturated rings. The van der Waals surface area contributed by atoms with Crippen molar-refractivity contribution in [1.82, 2.24) is 0 Å². The van der Waals surface area contributed by atoms with Crippen LogP contribution >= 0.6 is 0 Å². The maximum atomic E-state index is 14.1. The number of rotatable bonds is 11. The third kappa shape index (κ3) is 6.51. The fourth-order valence-electron chi connectivity index (χ4n) is 3.37. The van der Waals surface area contributed by atoms with Crippen molar-refractivity contribution in [3.8, 4) is 17.2 Å². The van der Waals surface area contributed by atoms with E-state index in [1.54, 1.807) is 18.2 Å². The number of unbranched alkanes of at least 4 members (excludes halogenated alkanes) is 1. The summed E-state index contributed by atoms with van der Waals surface area (Å²) in [5, 5.41) is 2.81. The molecule has 0 saturated heterocycles. The van der Waals surface area contributed by atoms with Crippen LogP contribution in [0.4, 0.5) is 10.1 Å². The number of methoxy groups -OCH3 is 3. The Labute approximate surface area is 203 Å². The van der Waals surface area contributed by atoms with Gasteiger partial charge in [0.05, 0.1) is 32.6 Å². The Morgan fingerprint density at radius 2 is 1.65 bits per heavy atom. The van der Waals surface area contributed by atoms with Gasteiger partial charge in [-0.1, -0.05) is 32.9 Å². The fraction of sp³-hybridized carbons (Fsp3) is 0.500. The Bertz CT molecular complexity index is 988. The molecule has 188 valence electrons. The SMILES string of the molecule is COc1cc(C(=O)Nc2ccccc2F)c(CCCCO[Si](C)(C)C(C)(C)C)c(OC)c1OC. The van der Waals surface area contributed by atoms with Gasteiger partial charge in [-0.25, -0.2) is 4.39 Å². The van der Waals surface area contributed by atoms with Crippen LogP contribution in [-0.2, 0) is 10.8 Å². The molecule has 2 aromatic carbocycles. The predicted octanol–water partition coefficient (Wildman–Crippen LogP) is 6.45. The molecule has 2 rings (SSSR count). The molecule has 2 aromatic rings. The highest BCUT2D eigenvalue weighted by molar-refractivity contribution is 6.74. The quantitative estimate of drug-likeness (QED) is 0.289. The standard InChI is InChI=1S/C26H38FNO5Si/c1-26(2,3)34(7,8)33-16-12-11-13-18-19(17-22(30-4)24(32-6)23(18)31-5)25(29)28-21-15-10-9-14-20(21)27/h9-10,14-15,17H,11-13,16H2,1-8H3,(H,28,29). The van der Waals surface area contributed by atoms with Crippen LogP contribution in [0.2, 0.25) is 18.1 Å². The van der Waals surface area contributed by atoms with Gasteiger partial charge in [0.25, 0.3) is 5.91 Å². The van der Waals surface area contributed by atoms with Gasteiger partial charge in [-0.2, -0.15) is 0 Å². The van der Waals surface area contributed by atoms with Crippen molar-refractivity contribution in [2.75, 3.05) is 33.3 Å². The minimum Gasteiger partial charge on any atom is -0.493 e. The lowest BCUT2D eigenvalue weighted by atomic mass is 9.98. The Morgan fingerprint density at radius 3 is 2.21 bits per heavy atom. The van der Waals surface area contributed by atoms with Crippen LogP contribution < -0.4 is 19.5 Å². The maximum absolute atomic E-state index is 14.1. The summed E-state index contributed by atoms with van der Waals surface area (Å²) in [7, 11) is 2.73. The summed E-state index contributed by atoms with van der Waals surface area (Å²) in [4.78, 5) is 13.2. The second kappa shape index (κ2) is 11.7. The molecule has 0 aliphatic carbocycles. The number of hydrogen-bond acceptors (Lipinski definition) is 5. The van der Waals surface area contributed by atoms with Gasteiger partial charge in [0.15, 0.2) is 19.8 Å². The van der Waals surface area contributed by atoms with Crippen LogP contribution in [0.1, 0.15) is 49.5 Å². The summed E-state index contributed by atoms with van der Waals surface area (Å²) in [5.41, 5.74) is 1.14. The monoisotopic (exact) mass is 491 g/mol. The van der Waals surface area contributed by atoms with Gasteiger partial charge in [-0.3, -0.25) is 4.79 Å². The number of amides is 1. The van der Waals surface area contributed by atoms with E-state index in [9.17, 15) is 9.18 Å². The van der Waals surface area contributed by atoms with Gasteiger partial charge in [0, 0.05) is 12.2 Å². The van der Waals surface area contributed by atoms with E-state index in [1.165, 1.54) is 33.5 Å². The molecule has 0 aromatic heterocycles. The third-order valence-corrected chi connectivity index (χ3v) is 10.9. The summed E-state index contributed by atoms with van der Waals surface area (Å²) in [6.07, 6.45) is 2.17. The molecule has 0 aliphatic heterocycles. The van der Waals surface area contributed by atoms with Crippen molar-refractivity contribution in [3.63, 3.8) is 0 Å². The molecule has 0 spiro atoms. The molecule has 6 nitrogen and oxygen atoms in total. The number of para-hydroxylation sites is 1. The first-order valence-electron chi connectivity index (χ1n) is 11.5. The second-order valence-corrected chi connectivity index (χ2v) is 14.5. The highest BCUT2D eigenvalue weighted by Gasteiger charge is 2.36. The number of hydrogen-bond donors (Lipinski definition) is 1. The number of benzene rings is 2. The molecule has 0 saturated carbocycles. The van der Waals surface area contributed by atoms with E-state index in [1.807, 2.05) is 0 Å². The molecule has 8 heteroatoms. The molecular formula is C26H38FNO5Si. The van der Waals surface area contributed by atoms with E-state index in [2.05, 4.69) is 39.2 Å². The van der Waals surface area contributed by atoms with E-state index in [0.717, 1.165) is 12.8 Å². The normalized spacial score (nSPS) is 11.8. The van der Waals surface area contributed by atoms with Crippen LogP contribution in [0.25, 0.3) is 0 Å². The topological polar surface area (TPSA) is 66.0 Å². The highest BCUT2D eigenvalue weighted by Crippen LogP contribution is 2.43. The summed E-state index contributed by atoms with van der Waals surface area (Å²) >= 11 is 0. The number of carbonyl (C=O) groups excluding carboxylic acids is 1. The molecule has 0 aliphatic rings. The Kier molecular flexibility index (Phi) is 9.52. The van der Waals surface area contributed by atoms with E-state index in [-0.39, 0.29) is 10.7 Å². The largest absolute Gasteiger partial charge is 0.493 e. The van der Waals surface area contributed by atoms with Gasteiger partial charge >= 0.3 is 0 Å². The minimum atomic E-state index is -1.82. The van der Waals surface area contributed by atoms with Crippen molar-refractivity contribution in [1.29, 1.82) is 0 Å². The van der Waals surface area contributed by atoms with Gasteiger partial charge in [-0.15, -0.1) is 0 Å². The first-order valence-corrected chi connectivity index (χ1v) is 14.4. The van der Waals surface area contributed by atoms with Gasteiger partial charge in [-0.05, 0) is 55.6 Å². The molecule has 0 atom stereocenters. The lowest BCUT2D eigenvalue weighted by Crippen LogP contribution is -2.40. The molecule has 0 heterocycles. The number of nitrogens with one attached hydrogen (secondary N) is 1. The van der Waals surface area contributed by atoms with Crippen molar-refractivity contribution in [2.24, 2.45) is 0 Å². The highest BCUT2D eigenvalue weighted by atomic mass is 28.4. The van der Waals surface area contributed by atoms with Crippen LogP contribution in [0.15, 0.2) is 30.3 Å². The van der Waals surface area contributed by atoms with E-state index >= 15 is 0 Å². The lowest BCUT2D eigenvalue weighted by Gasteiger charge is -2.36. The van der Waals surface area contributed by atoms with E-state index < -0.39 is 20.0 Å². The molecule has 0 radical (unpaired) electrons. The van der Waals surface area contributed by atoms with Crippen LogP contribution in [-0.4, -0.2) is 42.2 Å². The molecule has 1 N–H and O–H groups in total. The lowest BCUT2D eigenvalue weighted by molar-refractivity contribution is 0.102. The summed E-state index contributed by atoms with van der Waals surface area (Å²) in [6.45, 7) is 11.8. The van der Waals surface area contributed by atoms with Crippen LogP contribution in [0.3, 0.4) is 0 Å². The van der Waals surface area contributed by atoms with E-state index in [0.29, 0.717) is 41.4 Å². The van der Waals surface area contributed by atoms with Gasteiger partial charge in [0.2, 0.25) is 5.75 Å². The summed E-state index contributed by atoms with van der Waals surface area (Å²) < 4.78 is 37.0. The zero-order valence-electron chi connectivity index (χ0n) is 21.6. The predicted molar refractivity (Wildman–Crippen MR) is 137 cm³/mol. The number of ether oxygens (including phenoxy) is 3. The zero-order valence-corrected chi connectivity index (χ0v) is 22.6. The first-order chi connectivity index (χ1) is 16.0. The van der Waals surface area contributed by atoms with Crippen molar-refractivity contribution in [3.05, 3.63) is 47.3 Å². The first kappa shape index (κ1) is 27.7. The summed E-state index contributed by atoms with van der Waals surface area (Å²) in [5.74, 6) is 0.262. The number of anilines is 1. The van der Waals surface area contributed by atoms with Crippen molar-refractivity contribution < 1.29 is 27.8 Å². The van der Waals surface area contributed by atoms with Gasteiger partial charge in [0.1, 0.15) is 5.82 Å². The molecule has 0 bridgehead atoms. The molecule has 34 heavy (non-hydrogen) atoms. The average Bonchev–Trinajstić information content (AvgIpc) is 2.78. The Morgan fingerprint density at radius 1 is 1.00 bits per heavy atom. The van der Waals surface area contributed by atoms with Gasteiger partial charge < -0.3 is 24.0 Å². The van der Waals surface area contributed by atoms with Crippen molar-refractivity contribution >= 4 is 19.9 Å². The summed E-state index contributed by atoms with van der Waals surface area (Å²) in [6, 6.07) is 7.66. The number of carbonyl (C=O) groups is 1. The second-order valence-electron chi connectivity index (χ2n) is 9.67. The molecule has 0 unspecified atom stereocenters. The Hall–Kier alpha value is -2.58. The fourth-order valence-corrected chi connectivity index (χ4v) is 4.45. The van der Waals surface area contributed by atoms with Crippen molar-refractivity contribution in [2.45, 2.75) is 58.2 Å². The molecular weight excluding hydrogens is 453 g/mol. The van der Waals surface area contributed by atoms with E-state index in [4.69, 9.17) is 18.6 Å². The average molecular weight is 492 g/mol. The third-order valence-electron chi connectivity index (χ3n) is 6.39. The smallest absolute Gasteiger partial charge is 0.256 e. The molecule has 1 amide bonds. The van der Waals surface area contributed by atoms with Crippen LogP contribution in [0.5, 0.6) is 17.2 Å². The van der Waals surface area contributed by atoms with Crippen LogP contribution in [0, 0.1) is 5.82 Å². The number of halogens is 1. The maximum Gasteiger partial charge on any atom is 0.256 e. The zero-order chi connectivity index (χ0) is 25.5.